The number of hydrogen-bond donors (Lipinski definition) is 2. The van der Waals surface area contributed by atoms with Crippen molar-refractivity contribution in [3.8, 4) is 0 Å². The summed E-state index contributed by atoms with van der Waals surface area (Å²) in [5, 5.41) is 3.18. The first-order valence-electron chi connectivity index (χ1n) is 7.56. The predicted molar refractivity (Wildman–Crippen MR) is 81.4 cm³/mol. The molecule has 112 valence electrons. The van der Waals surface area contributed by atoms with E-state index in [4.69, 9.17) is 5.73 Å². The minimum atomic E-state index is -0.304. The van der Waals surface area contributed by atoms with Gasteiger partial charge in [-0.3, -0.25) is 4.79 Å². The van der Waals surface area contributed by atoms with Crippen molar-refractivity contribution in [2.24, 2.45) is 17.1 Å². The molecule has 2 rings (SSSR count). The summed E-state index contributed by atoms with van der Waals surface area (Å²) in [5.74, 6) is 0.208. The zero-order valence-electron chi connectivity index (χ0n) is 12.3. The molecular formula is C15H29ClN2O. The van der Waals surface area contributed by atoms with Crippen molar-refractivity contribution in [3.63, 3.8) is 0 Å². The van der Waals surface area contributed by atoms with Crippen LogP contribution in [0.15, 0.2) is 0 Å². The summed E-state index contributed by atoms with van der Waals surface area (Å²) in [6.45, 7) is 5.13. The molecule has 4 heteroatoms. The van der Waals surface area contributed by atoms with Crippen molar-refractivity contribution in [2.45, 2.75) is 70.8 Å². The normalized spacial score (nSPS) is 32.9. The van der Waals surface area contributed by atoms with Crippen LogP contribution in [-0.2, 0) is 4.79 Å². The lowest BCUT2D eigenvalue weighted by atomic mass is 9.67. The molecule has 0 aromatic rings. The lowest BCUT2D eigenvalue weighted by Gasteiger charge is -2.43. The van der Waals surface area contributed by atoms with E-state index in [1.54, 1.807) is 0 Å². The van der Waals surface area contributed by atoms with E-state index in [0.29, 0.717) is 5.41 Å². The first-order chi connectivity index (χ1) is 8.49. The zero-order chi connectivity index (χ0) is 13.2. The van der Waals surface area contributed by atoms with Gasteiger partial charge in [0.25, 0.3) is 0 Å². The smallest absolute Gasteiger partial charge is 0.224 e. The van der Waals surface area contributed by atoms with Crippen LogP contribution in [0, 0.1) is 11.3 Å². The van der Waals surface area contributed by atoms with E-state index in [0.717, 1.165) is 32.2 Å². The number of rotatable bonds is 4. The van der Waals surface area contributed by atoms with Crippen molar-refractivity contribution in [1.82, 2.24) is 5.32 Å². The lowest BCUT2D eigenvalue weighted by Crippen LogP contribution is -2.54. The summed E-state index contributed by atoms with van der Waals surface area (Å²) in [5.41, 5.74) is 6.37. The maximum atomic E-state index is 12.3. The SMILES string of the molecule is CCC1(CNC(=O)C2CCCCC2(C)N)CCC1.Cl. The molecule has 0 spiro atoms. The van der Waals surface area contributed by atoms with Gasteiger partial charge in [-0.2, -0.15) is 0 Å². The van der Waals surface area contributed by atoms with E-state index in [1.807, 2.05) is 6.92 Å². The van der Waals surface area contributed by atoms with Crippen LogP contribution >= 0.6 is 12.4 Å². The molecule has 0 aliphatic heterocycles. The topological polar surface area (TPSA) is 55.1 Å². The Morgan fingerprint density at radius 1 is 1.26 bits per heavy atom. The molecule has 3 nitrogen and oxygen atoms in total. The highest BCUT2D eigenvalue weighted by molar-refractivity contribution is 5.85. The van der Waals surface area contributed by atoms with Gasteiger partial charge in [-0.15, -0.1) is 12.4 Å². The van der Waals surface area contributed by atoms with Gasteiger partial charge in [-0.05, 0) is 44.4 Å². The maximum absolute atomic E-state index is 12.3. The van der Waals surface area contributed by atoms with Gasteiger partial charge in [0.15, 0.2) is 0 Å². The zero-order valence-corrected chi connectivity index (χ0v) is 13.2. The standard InChI is InChI=1S/C15H28N2O.ClH/c1-3-15(9-6-10-15)11-17-13(18)12-7-4-5-8-14(12,2)16;/h12H,3-11,16H2,1-2H3,(H,17,18);1H. The van der Waals surface area contributed by atoms with E-state index in [-0.39, 0.29) is 29.8 Å². The summed E-state index contributed by atoms with van der Waals surface area (Å²) < 4.78 is 0. The number of hydrogen-bond acceptors (Lipinski definition) is 2. The minimum Gasteiger partial charge on any atom is -0.355 e. The van der Waals surface area contributed by atoms with Gasteiger partial charge < -0.3 is 11.1 Å². The average Bonchev–Trinajstić information content (AvgIpc) is 2.27. The highest BCUT2D eigenvalue weighted by atomic mass is 35.5. The quantitative estimate of drug-likeness (QED) is 0.835. The van der Waals surface area contributed by atoms with Crippen molar-refractivity contribution in [2.75, 3.05) is 6.54 Å². The van der Waals surface area contributed by atoms with Gasteiger partial charge in [0.05, 0.1) is 5.92 Å². The fraction of sp³-hybridized carbons (Fsp3) is 0.933. The van der Waals surface area contributed by atoms with Gasteiger partial charge in [-0.1, -0.05) is 26.2 Å². The Balaban J connectivity index is 0.00000180. The average molecular weight is 289 g/mol. The van der Waals surface area contributed by atoms with Crippen LogP contribution < -0.4 is 11.1 Å². The molecule has 0 radical (unpaired) electrons. The molecule has 1 amide bonds. The minimum absolute atomic E-state index is 0. The molecule has 0 bridgehead atoms. The second-order valence-electron chi connectivity index (χ2n) is 6.73. The van der Waals surface area contributed by atoms with Crippen molar-refractivity contribution < 1.29 is 4.79 Å². The molecule has 19 heavy (non-hydrogen) atoms. The molecule has 2 atom stereocenters. The van der Waals surface area contributed by atoms with Crippen LogP contribution in [0.3, 0.4) is 0 Å². The second kappa shape index (κ2) is 6.45. The summed E-state index contributed by atoms with van der Waals surface area (Å²) in [6.07, 6.45) is 9.28. The Hall–Kier alpha value is -0.280. The number of carbonyl (C=O) groups is 1. The van der Waals surface area contributed by atoms with Gasteiger partial charge in [0.2, 0.25) is 5.91 Å². The van der Waals surface area contributed by atoms with Crippen LogP contribution in [0.4, 0.5) is 0 Å². The van der Waals surface area contributed by atoms with Crippen molar-refractivity contribution in [3.05, 3.63) is 0 Å². The van der Waals surface area contributed by atoms with Crippen LogP contribution in [0.25, 0.3) is 0 Å². The molecule has 2 aliphatic rings. The van der Waals surface area contributed by atoms with Crippen molar-refractivity contribution in [1.29, 1.82) is 0 Å². The highest BCUT2D eigenvalue weighted by Crippen LogP contribution is 2.43. The Kier molecular flexibility index (Phi) is 5.69. The molecule has 2 fully saturated rings. The van der Waals surface area contributed by atoms with E-state index in [2.05, 4.69) is 12.2 Å². The molecular weight excluding hydrogens is 260 g/mol. The Labute approximate surface area is 123 Å². The molecule has 3 N–H and O–H groups in total. The summed E-state index contributed by atoms with van der Waals surface area (Å²) >= 11 is 0. The first-order valence-corrected chi connectivity index (χ1v) is 7.56. The second-order valence-corrected chi connectivity index (χ2v) is 6.73. The number of nitrogens with two attached hydrogens (primary N) is 1. The van der Waals surface area contributed by atoms with Crippen molar-refractivity contribution >= 4 is 18.3 Å². The van der Waals surface area contributed by atoms with Gasteiger partial charge in [-0.25, -0.2) is 0 Å². The van der Waals surface area contributed by atoms with Crippen LogP contribution in [0.5, 0.6) is 0 Å². The number of carbonyl (C=O) groups excluding carboxylic acids is 1. The molecule has 0 aromatic heterocycles. The molecule has 2 aliphatic carbocycles. The number of halogens is 1. The highest BCUT2D eigenvalue weighted by Gasteiger charge is 2.40. The first kappa shape index (κ1) is 16.8. The summed E-state index contributed by atoms with van der Waals surface area (Å²) in [4.78, 5) is 12.3. The fourth-order valence-corrected chi connectivity index (χ4v) is 3.52. The maximum Gasteiger partial charge on any atom is 0.224 e. The van der Waals surface area contributed by atoms with Gasteiger partial charge in [0.1, 0.15) is 0 Å². The Morgan fingerprint density at radius 3 is 2.42 bits per heavy atom. The fourth-order valence-electron chi connectivity index (χ4n) is 3.52. The van der Waals surface area contributed by atoms with Gasteiger partial charge >= 0.3 is 0 Å². The van der Waals surface area contributed by atoms with E-state index in [1.165, 1.54) is 25.7 Å². The molecule has 0 saturated heterocycles. The largest absolute Gasteiger partial charge is 0.355 e. The third kappa shape index (κ3) is 3.63. The number of amides is 1. The van der Waals surface area contributed by atoms with Gasteiger partial charge in [0, 0.05) is 12.1 Å². The molecule has 0 heterocycles. The third-order valence-corrected chi connectivity index (χ3v) is 5.37. The molecule has 2 unspecified atom stereocenters. The lowest BCUT2D eigenvalue weighted by molar-refractivity contribution is -0.129. The van der Waals surface area contributed by atoms with Crippen LogP contribution in [-0.4, -0.2) is 18.0 Å². The number of nitrogens with one attached hydrogen (secondary N) is 1. The Morgan fingerprint density at radius 2 is 1.95 bits per heavy atom. The predicted octanol–water partition coefficient (Wildman–Crippen LogP) is 3.01. The third-order valence-electron chi connectivity index (χ3n) is 5.37. The summed E-state index contributed by atoms with van der Waals surface area (Å²) in [7, 11) is 0. The monoisotopic (exact) mass is 288 g/mol. The van der Waals surface area contributed by atoms with Crippen LogP contribution in [0.2, 0.25) is 0 Å². The summed E-state index contributed by atoms with van der Waals surface area (Å²) in [6, 6.07) is 0. The Bertz CT molecular complexity index is 308. The van der Waals surface area contributed by atoms with E-state index < -0.39 is 0 Å². The van der Waals surface area contributed by atoms with E-state index >= 15 is 0 Å². The molecule has 2 saturated carbocycles. The molecule has 0 aromatic carbocycles. The van der Waals surface area contributed by atoms with Crippen LogP contribution in [0.1, 0.15) is 65.2 Å². The van der Waals surface area contributed by atoms with E-state index in [9.17, 15) is 4.79 Å².